The van der Waals surface area contributed by atoms with Gasteiger partial charge in [-0.1, -0.05) is 55.8 Å². The number of primary amides is 1. The van der Waals surface area contributed by atoms with E-state index in [1.54, 1.807) is 0 Å². The molecule has 0 radical (unpaired) electrons. The summed E-state index contributed by atoms with van der Waals surface area (Å²) in [6.07, 6.45) is 3.76. The molecule has 0 fully saturated rings. The van der Waals surface area contributed by atoms with Crippen LogP contribution in [0.4, 0.5) is 5.69 Å². The molecule has 26 heavy (non-hydrogen) atoms. The number of carbonyl (C=O) groups is 1. The van der Waals surface area contributed by atoms with Gasteiger partial charge in [-0.3, -0.25) is 4.79 Å². The van der Waals surface area contributed by atoms with E-state index in [1.807, 2.05) is 47.4 Å². The predicted molar refractivity (Wildman–Crippen MR) is 112 cm³/mol. The maximum Gasteiger partial charge on any atom is 0.219 e. The highest BCUT2D eigenvalue weighted by Crippen LogP contribution is 2.14. The first-order valence-corrected chi connectivity index (χ1v) is 9.46. The monoisotopic (exact) mass is 369 g/mol. The molecule has 5 heteroatoms. The summed E-state index contributed by atoms with van der Waals surface area (Å²) in [6, 6.07) is 18.4. The van der Waals surface area contributed by atoms with E-state index < -0.39 is 0 Å². The minimum Gasteiger partial charge on any atom is -0.370 e. The van der Waals surface area contributed by atoms with Gasteiger partial charge < -0.3 is 16.0 Å². The molecule has 1 amide bonds. The van der Waals surface area contributed by atoms with Crippen LogP contribution in [-0.2, 0) is 17.8 Å². The molecular formula is C21H27N3OS. The van der Waals surface area contributed by atoms with Crippen molar-refractivity contribution < 1.29 is 4.79 Å². The van der Waals surface area contributed by atoms with E-state index in [0.29, 0.717) is 18.2 Å². The first-order valence-electron chi connectivity index (χ1n) is 9.05. The molecule has 3 N–H and O–H groups in total. The van der Waals surface area contributed by atoms with Crippen LogP contribution in [0.25, 0.3) is 0 Å². The summed E-state index contributed by atoms with van der Waals surface area (Å²) in [5.41, 5.74) is 8.73. The van der Waals surface area contributed by atoms with Crippen LogP contribution in [0, 0.1) is 0 Å². The summed E-state index contributed by atoms with van der Waals surface area (Å²) in [4.78, 5) is 13.2. The molecule has 0 spiro atoms. The number of thiocarbonyl (C=S) groups is 1. The van der Waals surface area contributed by atoms with E-state index in [-0.39, 0.29) is 12.3 Å². The Bertz CT molecular complexity index is 701. The summed E-state index contributed by atoms with van der Waals surface area (Å²) in [5.74, 6) is -0.328. The first-order chi connectivity index (χ1) is 12.6. The smallest absolute Gasteiger partial charge is 0.219 e. The van der Waals surface area contributed by atoms with Gasteiger partial charge in [0.25, 0.3) is 0 Å². The zero-order valence-electron chi connectivity index (χ0n) is 15.3. The van der Waals surface area contributed by atoms with Crippen LogP contribution in [0.1, 0.15) is 37.3 Å². The Labute approximate surface area is 161 Å². The minimum atomic E-state index is -0.328. The van der Waals surface area contributed by atoms with Crippen LogP contribution >= 0.6 is 12.2 Å². The van der Waals surface area contributed by atoms with Gasteiger partial charge in [0.05, 0.1) is 0 Å². The standard InChI is InChI=1S/C21H27N3OS/c1-2-3-7-17-10-12-19(13-11-17)23-21(26)24(15-14-20(22)25)16-18-8-5-4-6-9-18/h4-6,8-13H,2-3,7,14-16H2,1H3,(H2,22,25)(H,23,26). The number of aryl methyl sites for hydroxylation is 1. The highest BCUT2D eigenvalue weighted by atomic mass is 32.1. The van der Waals surface area contributed by atoms with Gasteiger partial charge in [0.1, 0.15) is 0 Å². The molecule has 0 aliphatic heterocycles. The van der Waals surface area contributed by atoms with Crippen molar-refractivity contribution in [1.82, 2.24) is 4.90 Å². The first kappa shape index (κ1) is 19.9. The molecule has 0 bridgehead atoms. The summed E-state index contributed by atoms with van der Waals surface area (Å²) in [6.45, 7) is 3.32. The van der Waals surface area contributed by atoms with Crippen molar-refractivity contribution in [3.8, 4) is 0 Å². The van der Waals surface area contributed by atoms with E-state index in [2.05, 4.69) is 24.4 Å². The highest BCUT2D eigenvalue weighted by Gasteiger charge is 2.12. The Kier molecular flexibility index (Phi) is 8.09. The lowest BCUT2D eigenvalue weighted by Gasteiger charge is -2.25. The number of hydrogen-bond donors (Lipinski definition) is 2. The molecule has 2 aromatic rings. The number of hydrogen-bond acceptors (Lipinski definition) is 2. The summed E-state index contributed by atoms with van der Waals surface area (Å²) in [5, 5.41) is 3.87. The molecule has 138 valence electrons. The van der Waals surface area contributed by atoms with Crippen LogP contribution in [0.2, 0.25) is 0 Å². The average Bonchev–Trinajstić information content (AvgIpc) is 2.65. The molecule has 4 nitrogen and oxygen atoms in total. The fourth-order valence-corrected chi connectivity index (χ4v) is 2.91. The maximum absolute atomic E-state index is 11.2. The SMILES string of the molecule is CCCCc1ccc(NC(=S)N(CCC(N)=O)Cc2ccccc2)cc1. The van der Waals surface area contributed by atoms with E-state index in [0.717, 1.165) is 17.7 Å². The summed E-state index contributed by atoms with van der Waals surface area (Å²) >= 11 is 5.57. The quantitative estimate of drug-likeness (QED) is 0.653. The number of rotatable bonds is 9. The molecule has 0 aliphatic carbocycles. The summed E-state index contributed by atoms with van der Waals surface area (Å²) < 4.78 is 0. The van der Waals surface area contributed by atoms with Crippen LogP contribution in [0.15, 0.2) is 54.6 Å². The number of amides is 1. The van der Waals surface area contributed by atoms with Crippen molar-refractivity contribution >= 4 is 28.9 Å². The summed E-state index contributed by atoms with van der Waals surface area (Å²) in [7, 11) is 0. The minimum absolute atomic E-state index is 0.268. The Balaban J connectivity index is 2.01. The molecule has 0 saturated carbocycles. The van der Waals surface area contributed by atoms with Crippen molar-refractivity contribution in [2.45, 2.75) is 39.2 Å². The van der Waals surface area contributed by atoms with Crippen molar-refractivity contribution in [1.29, 1.82) is 0 Å². The number of nitrogens with one attached hydrogen (secondary N) is 1. The topological polar surface area (TPSA) is 58.4 Å². The molecule has 2 rings (SSSR count). The third-order valence-electron chi connectivity index (χ3n) is 4.16. The number of unbranched alkanes of at least 4 members (excludes halogenated alkanes) is 1. The predicted octanol–water partition coefficient (Wildman–Crippen LogP) is 4.10. The van der Waals surface area contributed by atoms with E-state index in [1.165, 1.54) is 18.4 Å². The molecule has 0 unspecified atom stereocenters. The zero-order valence-corrected chi connectivity index (χ0v) is 16.1. The van der Waals surface area contributed by atoms with Crippen molar-refractivity contribution in [2.24, 2.45) is 5.73 Å². The van der Waals surface area contributed by atoms with E-state index >= 15 is 0 Å². The van der Waals surface area contributed by atoms with Gasteiger partial charge in [-0.05, 0) is 48.3 Å². The van der Waals surface area contributed by atoms with Crippen LogP contribution < -0.4 is 11.1 Å². The second kappa shape index (κ2) is 10.6. The number of benzene rings is 2. The number of nitrogens with two attached hydrogens (primary N) is 1. The molecule has 0 saturated heterocycles. The lowest BCUT2D eigenvalue weighted by molar-refractivity contribution is -0.118. The second-order valence-electron chi connectivity index (χ2n) is 6.35. The van der Waals surface area contributed by atoms with Gasteiger partial charge in [0.15, 0.2) is 5.11 Å². The lowest BCUT2D eigenvalue weighted by Crippen LogP contribution is -2.36. The van der Waals surface area contributed by atoms with E-state index in [4.69, 9.17) is 18.0 Å². The van der Waals surface area contributed by atoms with Gasteiger partial charge in [-0.15, -0.1) is 0 Å². The van der Waals surface area contributed by atoms with Gasteiger partial charge in [0.2, 0.25) is 5.91 Å². The van der Waals surface area contributed by atoms with Crippen LogP contribution in [0.3, 0.4) is 0 Å². The lowest BCUT2D eigenvalue weighted by atomic mass is 10.1. The molecular weight excluding hydrogens is 342 g/mol. The highest BCUT2D eigenvalue weighted by molar-refractivity contribution is 7.80. The molecule has 0 heterocycles. The Morgan fingerprint density at radius 2 is 1.77 bits per heavy atom. The normalized spacial score (nSPS) is 10.3. The maximum atomic E-state index is 11.2. The van der Waals surface area contributed by atoms with Gasteiger partial charge >= 0.3 is 0 Å². The van der Waals surface area contributed by atoms with E-state index in [9.17, 15) is 4.79 Å². The largest absolute Gasteiger partial charge is 0.370 e. The number of anilines is 1. The second-order valence-corrected chi connectivity index (χ2v) is 6.74. The average molecular weight is 370 g/mol. The zero-order chi connectivity index (χ0) is 18.8. The van der Waals surface area contributed by atoms with Crippen molar-refractivity contribution in [2.75, 3.05) is 11.9 Å². The third kappa shape index (κ3) is 6.84. The molecule has 0 aromatic heterocycles. The Morgan fingerprint density at radius 3 is 2.38 bits per heavy atom. The van der Waals surface area contributed by atoms with Gasteiger partial charge in [-0.2, -0.15) is 0 Å². The van der Waals surface area contributed by atoms with Gasteiger partial charge in [0, 0.05) is 25.2 Å². The molecule has 0 atom stereocenters. The van der Waals surface area contributed by atoms with Crippen LogP contribution in [0.5, 0.6) is 0 Å². The van der Waals surface area contributed by atoms with Crippen molar-refractivity contribution in [3.05, 3.63) is 65.7 Å². The molecule has 2 aromatic carbocycles. The fraction of sp³-hybridized carbons (Fsp3) is 0.333. The Morgan fingerprint density at radius 1 is 1.08 bits per heavy atom. The Hall–Kier alpha value is -2.40. The molecule has 0 aliphatic rings. The number of carbonyl (C=O) groups excluding carboxylic acids is 1. The van der Waals surface area contributed by atoms with Crippen molar-refractivity contribution in [3.63, 3.8) is 0 Å². The third-order valence-corrected chi connectivity index (χ3v) is 4.52. The van der Waals surface area contributed by atoms with Gasteiger partial charge in [-0.25, -0.2) is 0 Å². The fourth-order valence-electron chi connectivity index (χ4n) is 2.64. The number of nitrogens with zero attached hydrogens (tertiary/aromatic N) is 1. The van der Waals surface area contributed by atoms with Crippen LogP contribution in [-0.4, -0.2) is 22.5 Å².